The number of nitriles is 1. The molecule has 2 nitrogen and oxygen atoms in total. The van der Waals surface area contributed by atoms with Crippen molar-refractivity contribution in [2.75, 3.05) is 0 Å². The zero-order valence-corrected chi connectivity index (χ0v) is 7.09. The lowest BCUT2D eigenvalue weighted by Gasteiger charge is -1.93. The van der Waals surface area contributed by atoms with E-state index in [0.717, 1.165) is 0 Å². The Morgan fingerprint density at radius 2 is 2.27 bits per heavy atom. The molecule has 1 aromatic carbocycles. The van der Waals surface area contributed by atoms with Crippen LogP contribution in [0.15, 0.2) is 22.7 Å². The lowest BCUT2D eigenvalue weighted by molar-refractivity contribution is 1.48. The minimum atomic E-state index is 0.531. The summed E-state index contributed by atoms with van der Waals surface area (Å²) in [4.78, 5) is 3.24. The van der Waals surface area contributed by atoms with E-state index in [1.165, 1.54) is 0 Å². The molecule has 3 heteroatoms. The van der Waals surface area contributed by atoms with E-state index < -0.39 is 0 Å². The molecule has 0 radical (unpaired) electrons. The fraction of sp³-hybridized carbons (Fsp3) is 0. The molecule has 0 heterocycles. The first-order valence-corrected chi connectivity index (χ1v) is 3.64. The number of nitrogens with zero attached hydrogens (tertiary/aromatic N) is 2. The predicted octanol–water partition coefficient (Wildman–Crippen LogP) is 2.87. The van der Waals surface area contributed by atoms with Crippen molar-refractivity contribution in [3.8, 4) is 6.07 Å². The smallest absolute Gasteiger partial charge is 0.201 e. The third kappa shape index (κ3) is 1.58. The maximum absolute atomic E-state index is 8.48. The van der Waals surface area contributed by atoms with E-state index in [1.807, 2.05) is 6.07 Å². The van der Waals surface area contributed by atoms with Crippen molar-refractivity contribution >= 4 is 21.6 Å². The average Bonchev–Trinajstić information content (AvgIpc) is 2.04. The van der Waals surface area contributed by atoms with E-state index in [2.05, 4.69) is 20.8 Å². The lowest BCUT2D eigenvalue weighted by atomic mass is 10.2. The molecule has 0 bridgehead atoms. The van der Waals surface area contributed by atoms with E-state index in [0.29, 0.717) is 15.7 Å². The van der Waals surface area contributed by atoms with Gasteiger partial charge in [-0.15, -0.1) is 0 Å². The zero-order valence-electron chi connectivity index (χ0n) is 5.50. The van der Waals surface area contributed by atoms with Gasteiger partial charge in [0.1, 0.15) is 0 Å². The Bertz CT molecular complexity index is 357. The summed E-state index contributed by atoms with van der Waals surface area (Å²) in [5.41, 5.74) is 1.09. The number of benzene rings is 1. The molecule has 0 unspecified atom stereocenters. The molecule has 1 aromatic rings. The first kappa shape index (κ1) is 7.78. The summed E-state index contributed by atoms with van der Waals surface area (Å²) in [6, 6.07) is 6.86. The van der Waals surface area contributed by atoms with Crippen LogP contribution in [0.3, 0.4) is 0 Å². The van der Waals surface area contributed by atoms with Gasteiger partial charge in [-0.2, -0.15) is 5.26 Å². The summed E-state index contributed by atoms with van der Waals surface area (Å²) >= 11 is 3.18. The second-order valence-corrected chi connectivity index (χ2v) is 2.74. The Balaban J connectivity index is 3.25. The maximum atomic E-state index is 8.48. The van der Waals surface area contributed by atoms with E-state index in [-0.39, 0.29) is 0 Å². The molecular formula is C8H3BrN2. The number of hydrogen-bond acceptors (Lipinski definition) is 1. The highest BCUT2D eigenvalue weighted by Gasteiger charge is 1.98. The predicted molar refractivity (Wildman–Crippen MR) is 45.1 cm³/mol. The van der Waals surface area contributed by atoms with Gasteiger partial charge < -0.3 is 0 Å². The van der Waals surface area contributed by atoms with Crippen molar-refractivity contribution in [1.82, 2.24) is 0 Å². The van der Waals surface area contributed by atoms with Crippen LogP contribution in [0.2, 0.25) is 0 Å². The van der Waals surface area contributed by atoms with Crippen LogP contribution in [0.25, 0.3) is 4.85 Å². The molecule has 11 heavy (non-hydrogen) atoms. The van der Waals surface area contributed by atoms with E-state index in [1.54, 1.807) is 18.2 Å². The van der Waals surface area contributed by atoms with Gasteiger partial charge in [0.2, 0.25) is 5.69 Å². The van der Waals surface area contributed by atoms with Gasteiger partial charge in [-0.3, -0.25) is 0 Å². The SMILES string of the molecule is [C-]#[N+]c1ccc(C#N)cc1Br. The van der Waals surface area contributed by atoms with Crippen molar-refractivity contribution in [3.05, 3.63) is 39.7 Å². The standard InChI is InChI=1S/C8H3BrN2/c1-11-8-3-2-6(5-10)4-7(8)9/h2-4H. The topological polar surface area (TPSA) is 28.1 Å². The molecule has 0 aliphatic rings. The number of hydrogen-bond donors (Lipinski definition) is 0. The third-order valence-corrected chi connectivity index (χ3v) is 1.83. The van der Waals surface area contributed by atoms with Crippen molar-refractivity contribution in [3.63, 3.8) is 0 Å². The molecule has 0 fully saturated rings. The average molecular weight is 207 g/mol. The van der Waals surface area contributed by atoms with Crippen LogP contribution in [0.5, 0.6) is 0 Å². The van der Waals surface area contributed by atoms with E-state index >= 15 is 0 Å². The van der Waals surface area contributed by atoms with Crippen molar-refractivity contribution in [1.29, 1.82) is 5.26 Å². The van der Waals surface area contributed by atoms with Crippen LogP contribution >= 0.6 is 15.9 Å². The van der Waals surface area contributed by atoms with Crippen LogP contribution in [-0.2, 0) is 0 Å². The molecule has 0 aromatic heterocycles. The molecule has 0 aliphatic heterocycles. The highest BCUT2D eigenvalue weighted by atomic mass is 79.9. The molecule has 0 aliphatic carbocycles. The second kappa shape index (κ2) is 3.18. The molecule has 1 rings (SSSR count). The molecule has 0 amide bonds. The van der Waals surface area contributed by atoms with Gasteiger partial charge in [0.15, 0.2) is 0 Å². The van der Waals surface area contributed by atoms with Crippen LogP contribution in [0, 0.1) is 17.9 Å². The van der Waals surface area contributed by atoms with Crippen molar-refractivity contribution in [2.24, 2.45) is 0 Å². The van der Waals surface area contributed by atoms with Gasteiger partial charge in [-0.25, -0.2) is 4.85 Å². The highest BCUT2D eigenvalue weighted by molar-refractivity contribution is 9.10. The van der Waals surface area contributed by atoms with Gasteiger partial charge in [0, 0.05) is 4.47 Å². The number of halogens is 1. The summed E-state index contributed by atoms with van der Waals surface area (Å²) in [5.74, 6) is 0. The first-order valence-electron chi connectivity index (χ1n) is 2.85. The van der Waals surface area contributed by atoms with Gasteiger partial charge in [0.05, 0.1) is 18.2 Å². The molecule has 0 spiro atoms. The number of rotatable bonds is 0. The molecule has 0 saturated heterocycles. The first-order chi connectivity index (χ1) is 5.27. The lowest BCUT2D eigenvalue weighted by Crippen LogP contribution is -1.72. The summed E-state index contributed by atoms with van der Waals surface area (Å²) in [5, 5.41) is 8.48. The summed E-state index contributed by atoms with van der Waals surface area (Å²) in [7, 11) is 0. The van der Waals surface area contributed by atoms with Crippen LogP contribution in [-0.4, -0.2) is 0 Å². The van der Waals surface area contributed by atoms with Crippen molar-refractivity contribution in [2.45, 2.75) is 0 Å². The summed E-state index contributed by atoms with van der Waals surface area (Å²) in [6.07, 6.45) is 0. The van der Waals surface area contributed by atoms with Crippen LogP contribution in [0.4, 0.5) is 5.69 Å². The highest BCUT2D eigenvalue weighted by Crippen LogP contribution is 2.25. The summed E-state index contributed by atoms with van der Waals surface area (Å²) in [6.45, 7) is 6.72. The Morgan fingerprint density at radius 3 is 2.73 bits per heavy atom. The van der Waals surface area contributed by atoms with E-state index in [4.69, 9.17) is 11.8 Å². The molecule has 0 saturated carbocycles. The fourth-order valence-electron chi connectivity index (χ4n) is 0.667. The molecule has 52 valence electrons. The monoisotopic (exact) mass is 206 g/mol. The Morgan fingerprint density at radius 1 is 1.55 bits per heavy atom. The molecular weight excluding hydrogens is 204 g/mol. The molecule has 0 N–H and O–H groups in total. The van der Waals surface area contributed by atoms with E-state index in [9.17, 15) is 0 Å². The quantitative estimate of drug-likeness (QED) is 0.601. The third-order valence-electron chi connectivity index (χ3n) is 1.20. The normalized spacial score (nSPS) is 8.27. The van der Waals surface area contributed by atoms with Gasteiger partial charge in [-0.1, -0.05) is 28.1 Å². The van der Waals surface area contributed by atoms with Gasteiger partial charge >= 0.3 is 0 Å². The van der Waals surface area contributed by atoms with Crippen molar-refractivity contribution < 1.29 is 0 Å². The van der Waals surface area contributed by atoms with Gasteiger partial charge in [-0.05, 0) is 6.07 Å². The largest absolute Gasteiger partial charge is 0.237 e. The minimum Gasteiger partial charge on any atom is -0.237 e. The Labute approximate surface area is 73.0 Å². The van der Waals surface area contributed by atoms with Crippen LogP contribution < -0.4 is 0 Å². The Hall–Kier alpha value is -1.32. The second-order valence-electron chi connectivity index (χ2n) is 1.89. The van der Waals surface area contributed by atoms with Crippen LogP contribution in [0.1, 0.15) is 5.56 Å². The summed E-state index contributed by atoms with van der Waals surface area (Å²) < 4.78 is 0.673. The zero-order chi connectivity index (χ0) is 8.27. The molecule has 0 atom stereocenters. The maximum Gasteiger partial charge on any atom is 0.201 e. The fourth-order valence-corrected chi connectivity index (χ4v) is 1.13. The van der Waals surface area contributed by atoms with Gasteiger partial charge in [0.25, 0.3) is 0 Å². The minimum absolute atomic E-state index is 0.531. The Kier molecular flexibility index (Phi) is 2.25.